The SMILES string of the molecule is O=C(O)c1ccc2c(n1)C=CN(C(=O)O)C2. The van der Waals surface area contributed by atoms with E-state index in [1.54, 1.807) is 6.07 Å². The van der Waals surface area contributed by atoms with Gasteiger partial charge < -0.3 is 10.2 Å². The summed E-state index contributed by atoms with van der Waals surface area (Å²) in [7, 11) is 0. The lowest BCUT2D eigenvalue weighted by Crippen LogP contribution is -2.26. The van der Waals surface area contributed by atoms with Gasteiger partial charge in [-0.05, 0) is 17.7 Å². The van der Waals surface area contributed by atoms with Gasteiger partial charge in [0.15, 0.2) is 0 Å². The molecule has 0 atom stereocenters. The third kappa shape index (κ3) is 1.72. The molecule has 1 amide bonds. The van der Waals surface area contributed by atoms with E-state index in [-0.39, 0.29) is 12.2 Å². The van der Waals surface area contributed by atoms with Gasteiger partial charge in [-0.2, -0.15) is 0 Å². The molecule has 1 aliphatic rings. The summed E-state index contributed by atoms with van der Waals surface area (Å²) in [6.07, 6.45) is 1.80. The van der Waals surface area contributed by atoms with Crippen LogP contribution in [0.1, 0.15) is 21.7 Å². The molecule has 2 heterocycles. The van der Waals surface area contributed by atoms with Crippen LogP contribution in [0.4, 0.5) is 4.79 Å². The number of carbonyl (C=O) groups is 2. The van der Waals surface area contributed by atoms with Crippen LogP contribution in [0.2, 0.25) is 0 Å². The molecular formula is C10H8N2O4. The van der Waals surface area contributed by atoms with Gasteiger partial charge in [0.25, 0.3) is 0 Å². The van der Waals surface area contributed by atoms with Crippen LogP contribution >= 0.6 is 0 Å². The molecule has 6 nitrogen and oxygen atoms in total. The van der Waals surface area contributed by atoms with Gasteiger partial charge in [-0.3, -0.25) is 4.90 Å². The summed E-state index contributed by atoms with van der Waals surface area (Å²) in [6, 6.07) is 2.94. The van der Waals surface area contributed by atoms with Crippen molar-refractivity contribution in [3.63, 3.8) is 0 Å². The Morgan fingerprint density at radius 3 is 2.69 bits per heavy atom. The molecule has 82 valence electrons. The molecule has 1 aromatic rings. The minimum Gasteiger partial charge on any atom is -0.477 e. The molecule has 0 spiro atoms. The van der Waals surface area contributed by atoms with E-state index in [2.05, 4.69) is 4.98 Å². The van der Waals surface area contributed by atoms with Crippen molar-refractivity contribution in [2.75, 3.05) is 0 Å². The minimum atomic E-state index is -1.10. The number of nitrogens with zero attached hydrogens (tertiary/aromatic N) is 2. The molecule has 0 fully saturated rings. The number of aromatic carboxylic acids is 1. The lowest BCUT2D eigenvalue weighted by molar-refractivity contribution is 0.0690. The van der Waals surface area contributed by atoms with Crippen LogP contribution in [0.3, 0.4) is 0 Å². The van der Waals surface area contributed by atoms with Crippen molar-refractivity contribution < 1.29 is 19.8 Å². The van der Waals surface area contributed by atoms with Crippen LogP contribution < -0.4 is 0 Å². The van der Waals surface area contributed by atoms with Crippen LogP contribution in [0.25, 0.3) is 6.08 Å². The third-order valence-corrected chi connectivity index (χ3v) is 2.23. The van der Waals surface area contributed by atoms with Crippen LogP contribution in [0.15, 0.2) is 18.3 Å². The fourth-order valence-corrected chi connectivity index (χ4v) is 1.43. The zero-order chi connectivity index (χ0) is 11.7. The first-order valence-corrected chi connectivity index (χ1v) is 4.49. The summed E-state index contributed by atoms with van der Waals surface area (Å²) in [5.74, 6) is -1.10. The van der Waals surface area contributed by atoms with Crippen LogP contribution in [-0.2, 0) is 6.54 Å². The number of carboxylic acids is 1. The first-order chi connectivity index (χ1) is 7.58. The topological polar surface area (TPSA) is 90.7 Å². The average molecular weight is 220 g/mol. The number of fused-ring (bicyclic) bond motifs is 1. The maximum Gasteiger partial charge on any atom is 0.411 e. The highest BCUT2D eigenvalue weighted by Crippen LogP contribution is 2.18. The van der Waals surface area contributed by atoms with E-state index in [1.165, 1.54) is 18.3 Å². The van der Waals surface area contributed by atoms with Gasteiger partial charge in [0.05, 0.1) is 12.2 Å². The second kappa shape index (κ2) is 3.65. The standard InChI is InChI=1S/C10H8N2O4/c13-9(14)8-2-1-6-5-12(10(15)16)4-3-7(6)11-8/h1-4H,5H2,(H,13,14)(H,15,16). The van der Waals surface area contributed by atoms with Gasteiger partial charge in [-0.15, -0.1) is 0 Å². The zero-order valence-corrected chi connectivity index (χ0v) is 8.12. The molecule has 0 saturated carbocycles. The molecule has 1 aromatic heterocycles. The van der Waals surface area contributed by atoms with E-state index < -0.39 is 12.1 Å². The second-order valence-electron chi connectivity index (χ2n) is 3.27. The molecule has 2 rings (SSSR count). The highest BCUT2D eigenvalue weighted by Gasteiger charge is 2.17. The predicted octanol–water partition coefficient (Wildman–Crippen LogP) is 1.24. The minimum absolute atomic E-state index is 0.0489. The molecule has 1 aliphatic heterocycles. The normalized spacial score (nSPS) is 13.4. The second-order valence-corrected chi connectivity index (χ2v) is 3.27. The van der Waals surface area contributed by atoms with E-state index in [0.29, 0.717) is 11.3 Å². The maximum absolute atomic E-state index is 10.7. The summed E-state index contributed by atoms with van der Waals surface area (Å²) < 4.78 is 0. The number of hydrogen-bond donors (Lipinski definition) is 2. The highest BCUT2D eigenvalue weighted by molar-refractivity contribution is 5.85. The van der Waals surface area contributed by atoms with Crippen LogP contribution in [0.5, 0.6) is 0 Å². The average Bonchev–Trinajstić information content (AvgIpc) is 2.27. The number of carboxylic acid groups (broad SMARTS) is 2. The van der Waals surface area contributed by atoms with Crippen molar-refractivity contribution in [3.05, 3.63) is 35.3 Å². The molecule has 16 heavy (non-hydrogen) atoms. The van der Waals surface area contributed by atoms with Gasteiger partial charge in [0.2, 0.25) is 0 Å². The Morgan fingerprint density at radius 2 is 2.06 bits per heavy atom. The van der Waals surface area contributed by atoms with Gasteiger partial charge in [0.1, 0.15) is 5.69 Å². The largest absolute Gasteiger partial charge is 0.477 e. The number of rotatable bonds is 1. The Kier molecular flexibility index (Phi) is 2.32. The highest BCUT2D eigenvalue weighted by atomic mass is 16.4. The zero-order valence-electron chi connectivity index (χ0n) is 8.12. The summed E-state index contributed by atoms with van der Waals surface area (Å²) in [5, 5.41) is 17.5. The summed E-state index contributed by atoms with van der Waals surface area (Å²) in [6.45, 7) is 0.189. The number of amides is 1. The molecule has 0 bridgehead atoms. The fourth-order valence-electron chi connectivity index (χ4n) is 1.43. The van der Waals surface area contributed by atoms with Crippen molar-refractivity contribution in [2.45, 2.75) is 6.54 Å². The fraction of sp³-hybridized carbons (Fsp3) is 0.100. The van der Waals surface area contributed by atoms with E-state index in [0.717, 1.165) is 4.90 Å². The van der Waals surface area contributed by atoms with Crippen LogP contribution in [0, 0.1) is 0 Å². The summed E-state index contributed by atoms with van der Waals surface area (Å²) >= 11 is 0. The van der Waals surface area contributed by atoms with E-state index in [4.69, 9.17) is 10.2 Å². The smallest absolute Gasteiger partial charge is 0.411 e. The van der Waals surface area contributed by atoms with E-state index in [1.807, 2.05) is 0 Å². The molecule has 6 heteroatoms. The molecule has 0 saturated heterocycles. The number of hydrogen-bond acceptors (Lipinski definition) is 3. The predicted molar refractivity (Wildman–Crippen MR) is 53.8 cm³/mol. The summed E-state index contributed by atoms with van der Waals surface area (Å²) in [4.78, 5) is 26.4. The molecule has 0 aromatic carbocycles. The van der Waals surface area contributed by atoms with E-state index >= 15 is 0 Å². The first-order valence-electron chi connectivity index (χ1n) is 4.49. The molecule has 0 unspecified atom stereocenters. The van der Waals surface area contributed by atoms with Crippen molar-refractivity contribution >= 4 is 18.1 Å². The Labute approximate surface area is 90.5 Å². The van der Waals surface area contributed by atoms with E-state index in [9.17, 15) is 9.59 Å². The van der Waals surface area contributed by atoms with Gasteiger partial charge in [-0.25, -0.2) is 14.6 Å². The van der Waals surface area contributed by atoms with Gasteiger partial charge in [0, 0.05) is 6.20 Å². The molecule has 2 N–H and O–H groups in total. The lowest BCUT2D eigenvalue weighted by Gasteiger charge is -2.19. The van der Waals surface area contributed by atoms with Gasteiger partial charge >= 0.3 is 12.1 Å². The maximum atomic E-state index is 10.7. The monoisotopic (exact) mass is 220 g/mol. The molecule has 0 radical (unpaired) electrons. The third-order valence-electron chi connectivity index (χ3n) is 2.23. The summed E-state index contributed by atoms with van der Waals surface area (Å²) in [5.41, 5.74) is 1.14. The van der Waals surface area contributed by atoms with Crippen molar-refractivity contribution in [3.8, 4) is 0 Å². The Hall–Kier alpha value is -2.37. The molecular weight excluding hydrogens is 212 g/mol. The Bertz CT molecular complexity index is 496. The number of pyridine rings is 1. The van der Waals surface area contributed by atoms with Crippen molar-refractivity contribution in [2.24, 2.45) is 0 Å². The van der Waals surface area contributed by atoms with Crippen molar-refractivity contribution in [1.82, 2.24) is 9.88 Å². The Morgan fingerprint density at radius 1 is 1.31 bits per heavy atom. The lowest BCUT2D eigenvalue weighted by atomic mass is 10.1. The molecule has 0 aliphatic carbocycles. The Balaban J connectivity index is 2.36. The quantitative estimate of drug-likeness (QED) is 0.743. The van der Waals surface area contributed by atoms with Crippen molar-refractivity contribution in [1.29, 1.82) is 0 Å². The number of aromatic nitrogens is 1. The first kappa shape index (κ1) is 10.2. The van der Waals surface area contributed by atoms with Crippen LogP contribution in [-0.4, -0.2) is 32.2 Å². The van der Waals surface area contributed by atoms with Gasteiger partial charge in [-0.1, -0.05) is 6.07 Å².